The lowest BCUT2D eigenvalue weighted by Gasteiger charge is -2.34. The van der Waals surface area contributed by atoms with E-state index in [0.29, 0.717) is 0 Å². The van der Waals surface area contributed by atoms with Crippen molar-refractivity contribution >= 4 is 23.6 Å². The van der Waals surface area contributed by atoms with Crippen LogP contribution in [-0.4, -0.2) is 60.0 Å². The summed E-state index contributed by atoms with van der Waals surface area (Å²) >= 11 is 0. The number of imide groups is 1. The summed E-state index contributed by atoms with van der Waals surface area (Å²) in [5.41, 5.74) is 2.26. The summed E-state index contributed by atoms with van der Waals surface area (Å²) in [6.45, 7) is 3.56. The maximum absolute atomic E-state index is 12.2. The SMILES string of the molecule is Cc1ccc(N2CCN3C2=NC2C3C(=O)NC(=O)N2C)cc1. The van der Waals surface area contributed by atoms with Crippen LogP contribution in [0, 0.1) is 6.92 Å². The number of likely N-dealkylation sites (N-methyl/N-ethyl adjacent to an activating group) is 1. The molecule has 0 aromatic heterocycles. The maximum Gasteiger partial charge on any atom is 0.325 e. The van der Waals surface area contributed by atoms with Gasteiger partial charge in [-0.1, -0.05) is 17.7 Å². The molecule has 2 saturated heterocycles. The number of aliphatic imine (C=N–C) groups is 1. The van der Waals surface area contributed by atoms with Crippen molar-refractivity contribution in [1.82, 2.24) is 15.1 Å². The Morgan fingerprint density at radius 2 is 1.91 bits per heavy atom. The van der Waals surface area contributed by atoms with Crippen LogP contribution in [0.1, 0.15) is 5.56 Å². The summed E-state index contributed by atoms with van der Waals surface area (Å²) in [6, 6.07) is 7.41. The van der Waals surface area contributed by atoms with E-state index < -0.39 is 18.2 Å². The Labute approximate surface area is 128 Å². The molecule has 2 atom stereocenters. The first-order valence-corrected chi connectivity index (χ1v) is 7.32. The number of guanidine groups is 1. The summed E-state index contributed by atoms with van der Waals surface area (Å²) in [5, 5.41) is 2.39. The zero-order chi connectivity index (χ0) is 15.4. The van der Waals surface area contributed by atoms with E-state index in [4.69, 9.17) is 0 Å². The number of hydrogen-bond donors (Lipinski definition) is 1. The average molecular weight is 299 g/mol. The largest absolute Gasteiger partial charge is 0.325 e. The molecule has 7 nitrogen and oxygen atoms in total. The topological polar surface area (TPSA) is 68.2 Å². The molecule has 3 aliphatic rings. The quantitative estimate of drug-likeness (QED) is 0.813. The second kappa shape index (κ2) is 4.46. The van der Waals surface area contributed by atoms with Crippen molar-refractivity contribution in [3.63, 3.8) is 0 Å². The number of carbonyl (C=O) groups is 2. The van der Waals surface area contributed by atoms with Gasteiger partial charge in [0.05, 0.1) is 0 Å². The van der Waals surface area contributed by atoms with E-state index in [0.717, 1.165) is 24.7 Å². The molecule has 114 valence electrons. The van der Waals surface area contributed by atoms with Gasteiger partial charge in [-0.25, -0.2) is 9.79 Å². The molecule has 4 rings (SSSR count). The van der Waals surface area contributed by atoms with Crippen LogP contribution >= 0.6 is 0 Å². The van der Waals surface area contributed by atoms with Crippen LogP contribution in [-0.2, 0) is 4.79 Å². The molecule has 0 spiro atoms. The predicted molar refractivity (Wildman–Crippen MR) is 81.5 cm³/mol. The zero-order valence-corrected chi connectivity index (χ0v) is 12.5. The normalized spacial score (nSPS) is 26.8. The highest BCUT2D eigenvalue weighted by Crippen LogP contribution is 2.31. The number of amides is 3. The van der Waals surface area contributed by atoms with Gasteiger partial charge in [0.25, 0.3) is 5.91 Å². The Morgan fingerprint density at radius 1 is 1.18 bits per heavy atom. The van der Waals surface area contributed by atoms with Crippen molar-refractivity contribution in [3.8, 4) is 0 Å². The van der Waals surface area contributed by atoms with Crippen molar-refractivity contribution in [3.05, 3.63) is 29.8 Å². The van der Waals surface area contributed by atoms with Gasteiger partial charge in [0.15, 0.2) is 12.2 Å². The number of carbonyl (C=O) groups excluding carboxylic acids is 2. The number of fused-ring (bicyclic) bond motifs is 3. The molecule has 3 heterocycles. The molecule has 0 radical (unpaired) electrons. The van der Waals surface area contributed by atoms with Gasteiger partial charge in [-0.2, -0.15) is 0 Å². The van der Waals surface area contributed by atoms with Crippen LogP contribution in [0.4, 0.5) is 10.5 Å². The van der Waals surface area contributed by atoms with Gasteiger partial charge in [0.2, 0.25) is 5.96 Å². The molecule has 2 fully saturated rings. The van der Waals surface area contributed by atoms with E-state index in [-0.39, 0.29) is 5.91 Å². The number of nitrogens with one attached hydrogen (secondary N) is 1. The molecular formula is C15H17N5O2. The monoisotopic (exact) mass is 299 g/mol. The lowest BCUT2D eigenvalue weighted by molar-refractivity contribution is -0.126. The van der Waals surface area contributed by atoms with E-state index in [9.17, 15) is 9.59 Å². The Hall–Kier alpha value is -2.57. The van der Waals surface area contributed by atoms with E-state index in [1.807, 2.05) is 11.8 Å². The van der Waals surface area contributed by atoms with Crippen LogP contribution in [0.5, 0.6) is 0 Å². The van der Waals surface area contributed by atoms with Crippen molar-refractivity contribution in [1.29, 1.82) is 0 Å². The van der Waals surface area contributed by atoms with Crippen LogP contribution in [0.2, 0.25) is 0 Å². The standard InChI is InChI=1S/C15H17N5O2/c1-9-3-5-10(6-4-9)19-7-8-20-11-12(16-14(19)20)18(2)15(22)17-13(11)21/h3-6,11-12H,7-8H2,1-2H3,(H,17,21,22). The van der Waals surface area contributed by atoms with E-state index in [2.05, 4.69) is 39.5 Å². The van der Waals surface area contributed by atoms with Gasteiger partial charge in [0.1, 0.15) is 0 Å². The van der Waals surface area contributed by atoms with Gasteiger partial charge >= 0.3 is 6.03 Å². The Kier molecular flexibility index (Phi) is 2.66. The molecule has 22 heavy (non-hydrogen) atoms. The van der Waals surface area contributed by atoms with Gasteiger partial charge in [-0.3, -0.25) is 10.1 Å². The van der Waals surface area contributed by atoms with Gasteiger partial charge < -0.3 is 14.7 Å². The minimum absolute atomic E-state index is 0.266. The smallest absolute Gasteiger partial charge is 0.325 e. The Morgan fingerprint density at radius 3 is 2.64 bits per heavy atom. The molecule has 0 saturated carbocycles. The fraction of sp³-hybridized carbons (Fsp3) is 0.400. The number of aryl methyl sites for hydroxylation is 1. The predicted octanol–water partition coefficient (Wildman–Crippen LogP) is 0.363. The van der Waals surface area contributed by atoms with Gasteiger partial charge in [-0.15, -0.1) is 0 Å². The highest BCUT2D eigenvalue weighted by atomic mass is 16.2. The highest BCUT2D eigenvalue weighted by Gasteiger charge is 2.51. The molecule has 7 heteroatoms. The van der Waals surface area contributed by atoms with Crippen molar-refractivity contribution in [2.45, 2.75) is 19.1 Å². The minimum atomic E-state index is -0.440. The molecule has 0 aliphatic carbocycles. The molecule has 0 bridgehead atoms. The summed E-state index contributed by atoms with van der Waals surface area (Å²) in [4.78, 5) is 34.1. The van der Waals surface area contributed by atoms with Crippen molar-refractivity contribution < 1.29 is 9.59 Å². The molecule has 3 amide bonds. The maximum atomic E-state index is 12.2. The number of anilines is 1. The first-order chi connectivity index (χ1) is 10.6. The third kappa shape index (κ3) is 1.71. The molecule has 1 aromatic rings. The Bertz CT molecular complexity index is 684. The number of urea groups is 1. The summed E-state index contributed by atoms with van der Waals surface area (Å²) < 4.78 is 0. The highest BCUT2D eigenvalue weighted by molar-refractivity contribution is 6.07. The van der Waals surface area contributed by atoms with E-state index in [1.54, 1.807) is 7.05 Å². The number of benzene rings is 1. The number of rotatable bonds is 1. The second-order valence-corrected chi connectivity index (χ2v) is 5.87. The van der Waals surface area contributed by atoms with Crippen LogP contribution in [0.3, 0.4) is 0 Å². The summed E-state index contributed by atoms with van der Waals surface area (Å²) in [7, 11) is 1.67. The number of hydrogen-bond acceptors (Lipinski definition) is 5. The van der Waals surface area contributed by atoms with E-state index >= 15 is 0 Å². The van der Waals surface area contributed by atoms with E-state index in [1.165, 1.54) is 10.5 Å². The Balaban J connectivity index is 1.69. The lowest BCUT2D eigenvalue weighted by atomic mass is 10.1. The average Bonchev–Trinajstić information content (AvgIpc) is 3.05. The fourth-order valence-corrected chi connectivity index (χ4v) is 3.25. The van der Waals surface area contributed by atoms with Crippen LogP contribution in [0.25, 0.3) is 0 Å². The fourth-order valence-electron chi connectivity index (χ4n) is 3.25. The molecule has 1 aromatic carbocycles. The first-order valence-electron chi connectivity index (χ1n) is 7.32. The van der Waals surface area contributed by atoms with Gasteiger partial charge in [0, 0.05) is 25.8 Å². The molecular weight excluding hydrogens is 282 g/mol. The molecule has 2 unspecified atom stereocenters. The molecule has 3 aliphatic heterocycles. The second-order valence-electron chi connectivity index (χ2n) is 5.87. The molecule has 1 N–H and O–H groups in total. The zero-order valence-electron chi connectivity index (χ0n) is 12.5. The van der Waals surface area contributed by atoms with Crippen molar-refractivity contribution in [2.75, 3.05) is 25.0 Å². The van der Waals surface area contributed by atoms with Gasteiger partial charge in [-0.05, 0) is 19.1 Å². The number of nitrogens with zero attached hydrogens (tertiary/aromatic N) is 4. The lowest BCUT2D eigenvalue weighted by Crippen LogP contribution is -2.63. The summed E-state index contributed by atoms with van der Waals surface area (Å²) in [6.07, 6.45) is -0.440. The van der Waals surface area contributed by atoms with Crippen LogP contribution < -0.4 is 10.2 Å². The third-order valence-corrected chi connectivity index (χ3v) is 4.49. The van der Waals surface area contributed by atoms with Crippen LogP contribution in [0.15, 0.2) is 29.3 Å². The first kappa shape index (κ1) is 13.1. The minimum Gasteiger partial charge on any atom is -0.325 e. The summed E-state index contributed by atoms with van der Waals surface area (Å²) in [5.74, 6) is 0.508. The van der Waals surface area contributed by atoms with Crippen molar-refractivity contribution in [2.24, 2.45) is 4.99 Å². The third-order valence-electron chi connectivity index (χ3n) is 4.49.